The predicted octanol–water partition coefficient (Wildman–Crippen LogP) is 4.30. The molecule has 0 saturated carbocycles. The van der Waals surface area contributed by atoms with E-state index in [4.69, 9.17) is 9.47 Å². The lowest BCUT2D eigenvalue weighted by atomic mass is 10.1. The van der Waals surface area contributed by atoms with Gasteiger partial charge in [-0.05, 0) is 54.8 Å². The molecule has 25 heavy (non-hydrogen) atoms. The Hall–Kier alpha value is -2.46. The van der Waals surface area contributed by atoms with Crippen LogP contribution < -0.4 is 14.8 Å². The van der Waals surface area contributed by atoms with Crippen molar-refractivity contribution in [3.05, 3.63) is 59.8 Å². The molecule has 0 bridgehead atoms. The lowest BCUT2D eigenvalue weighted by Gasteiger charge is -2.09. The Kier molecular flexibility index (Phi) is 5.96. The van der Waals surface area contributed by atoms with E-state index in [1.807, 2.05) is 24.3 Å². The summed E-state index contributed by atoms with van der Waals surface area (Å²) in [5, 5.41) is 4.70. The van der Waals surface area contributed by atoms with Crippen LogP contribution in [0.5, 0.6) is 11.5 Å². The van der Waals surface area contributed by atoms with Crippen molar-refractivity contribution in [1.29, 1.82) is 0 Å². The van der Waals surface area contributed by atoms with E-state index in [-0.39, 0.29) is 0 Å². The zero-order valence-corrected chi connectivity index (χ0v) is 15.0. The van der Waals surface area contributed by atoms with E-state index in [0.717, 1.165) is 49.6 Å². The average Bonchev–Trinajstić information content (AvgIpc) is 3.07. The molecule has 0 unspecified atom stereocenters. The van der Waals surface area contributed by atoms with Gasteiger partial charge in [0.25, 0.3) is 0 Å². The van der Waals surface area contributed by atoms with E-state index in [2.05, 4.69) is 41.6 Å². The van der Waals surface area contributed by atoms with Gasteiger partial charge < -0.3 is 19.8 Å². The van der Waals surface area contributed by atoms with Crippen LogP contribution in [0.1, 0.15) is 24.5 Å². The SMILES string of the molecule is CCCOc1cccc(CNCCc2c[nH]c3cccc(OC)c23)c1. The number of H-pyrrole nitrogens is 1. The van der Waals surface area contributed by atoms with Crippen molar-refractivity contribution >= 4 is 10.9 Å². The van der Waals surface area contributed by atoms with Crippen LogP contribution in [0, 0.1) is 0 Å². The fourth-order valence-electron chi connectivity index (χ4n) is 3.01. The number of aromatic nitrogens is 1. The molecule has 0 aliphatic rings. The summed E-state index contributed by atoms with van der Waals surface area (Å²) in [6.07, 6.45) is 4.05. The van der Waals surface area contributed by atoms with Crippen LogP contribution >= 0.6 is 0 Å². The molecule has 132 valence electrons. The van der Waals surface area contributed by atoms with Crippen LogP contribution in [0.25, 0.3) is 10.9 Å². The summed E-state index contributed by atoms with van der Waals surface area (Å²) in [5.74, 6) is 1.87. The van der Waals surface area contributed by atoms with Crippen molar-refractivity contribution < 1.29 is 9.47 Å². The Balaban J connectivity index is 1.55. The third kappa shape index (κ3) is 4.34. The topological polar surface area (TPSA) is 46.3 Å². The molecule has 2 aromatic carbocycles. The number of benzene rings is 2. The Morgan fingerprint density at radius 1 is 1.12 bits per heavy atom. The summed E-state index contributed by atoms with van der Waals surface area (Å²) in [5.41, 5.74) is 3.64. The number of rotatable bonds is 9. The molecular formula is C21H26N2O2. The van der Waals surface area contributed by atoms with Crippen LogP contribution in [-0.4, -0.2) is 25.2 Å². The van der Waals surface area contributed by atoms with Crippen LogP contribution in [0.15, 0.2) is 48.7 Å². The van der Waals surface area contributed by atoms with Crippen molar-refractivity contribution in [3.63, 3.8) is 0 Å². The molecule has 4 heteroatoms. The fraction of sp³-hybridized carbons (Fsp3) is 0.333. The maximum Gasteiger partial charge on any atom is 0.128 e. The monoisotopic (exact) mass is 338 g/mol. The molecule has 0 aliphatic heterocycles. The van der Waals surface area contributed by atoms with Crippen LogP contribution in [0.3, 0.4) is 0 Å². The van der Waals surface area contributed by atoms with E-state index in [9.17, 15) is 0 Å². The Bertz CT molecular complexity index is 811. The quantitative estimate of drug-likeness (QED) is 0.572. The Morgan fingerprint density at radius 2 is 2.00 bits per heavy atom. The minimum absolute atomic E-state index is 0.763. The third-order valence-corrected chi connectivity index (χ3v) is 4.24. The largest absolute Gasteiger partial charge is 0.496 e. The van der Waals surface area contributed by atoms with Crippen molar-refractivity contribution in [2.75, 3.05) is 20.3 Å². The minimum Gasteiger partial charge on any atom is -0.496 e. The first-order valence-corrected chi connectivity index (χ1v) is 8.87. The molecule has 3 rings (SSSR count). The molecule has 0 radical (unpaired) electrons. The van der Waals surface area contributed by atoms with Gasteiger partial charge >= 0.3 is 0 Å². The zero-order valence-electron chi connectivity index (χ0n) is 15.0. The molecule has 2 N–H and O–H groups in total. The molecule has 0 atom stereocenters. The highest BCUT2D eigenvalue weighted by molar-refractivity contribution is 5.89. The molecule has 0 spiro atoms. The van der Waals surface area contributed by atoms with Crippen molar-refractivity contribution in [2.45, 2.75) is 26.3 Å². The Morgan fingerprint density at radius 3 is 2.84 bits per heavy atom. The van der Waals surface area contributed by atoms with Crippen LogP contribution in [-0.2, 0) is 13.0 Å². The summed E-state index contributed by atoms with van der Waals surface area (Å²) in [6.45, 7) is 4.62. The first kappa shape index (κ1) is 17.4. The highest BCUT2D eigenvalue weighted by atomic mass is 16.5. The standard InChI is InChI=1S/C21H26N2O2/c1-3-12-25-18-7-4-6-16(13-18)14-22-11-10-17-15-23-19-8-5-9-20(24-2)21(17)19/h4-9,13,15,22-23H,3,10-12,14H2,1-2H3. The lowest BCUT2D eigenvalue weighted by Crippen LogP contribution is -2.16. The molecule has 1 aromatic heterocycles. The highest BCUT2D eigenvalue weighted by Gasteiger charge is 2.08. The van der Waals surface area contributed by atoms with Gasteiger partial charge in [-0.1, -0.05) is 25.1 Å². The van der Waals surface area contributed by atoms with Crippen molar-refractivity contribution in [2.24, 2.45) is 0 Å². The van der Waals surface area contributed by atoms with Gasteiger partial charge in [-0.15, -0.1) is 0 Å². The highest BCUT2D eigenvalue weighted by Crippen LogP contribution is 2.28. The lowest BCUT2D eigenvalue weighted by molar-refractivity contribution is 0.317. The smallest absolute Gasteiger partial charge is 0.128 e. The third-order valence-electron chi connectivity index (χ3n) is 4.24. The normalized spacial score (nSPS) is 11.0. The number of nitrogens with one attached hydrogen (secondary N) is 2. The fourth-order valence-corrected chi connectivity index (χ4v) is 3.01. The first-order valence-electron chi connectivity index (χ1n) is 8.87. The van der Waals surface area contributed by atoms with Gasteiger partial charge in [0.15, 0.2) is 0 Å². The summed E-state index contributed by atoms with van der Waals surface area (Å²) >= 11 is 0. The first-order chi connectivity index (χ1) is 12.3. The van der Waals surface area contributed by atoms with Gasteiger partial charge in [-0.2, -0.15) is 0 Å². The van der Waals surface area contributed by atoms with Gasteiger partial charge in [0.2, 0.25) is 0 Å². The van der Waals surface area contributed by atoms with E-state index in [1.165, 1.54) is 16.5 Å². The number of fused-ring (bicyclic) bond motifs is 1. The molecule has 0 saturated heterocycles. The average molecular weight is 338 g/mol. The maximum absolute atomic E-state index is 5.69. The van der Waals surface area contributed by atoms with Crippen LogP contribution in [0.4, 0.5) is 0 Å². The second-order valence-electron chi connectivity index (χ2n) is 6.12. The van der Waals surface area contributed by atoms with Gasteiger partial charge in [-0.3, -0.25) is 0 Å². The number of hydrogen-bond donors (Lipinski definition) is 2. The second-order valence-corrected chi connectivity index (χ2v) is 6.12. The maximum atomic E-state index is 5.69. The van der Waals surface area contributed by atoms with Gasteiger partial charge in [-0.25, -0.2) is 0 Å². The van der Waals surface area contributed by atoms with E-state index < -0.39 is 0 Å². The molecular weight excluding hydrogens is 312 g/mol. The minimum atomic E-state index is 0.763. The second kappa shape index (κ2) is 8.58. The van der Waals surface area contributed by atoms with Gasteiger partial charge in [0, 0.05) is 23.6 Å². The van der Waals surface area contributed by atoms with Gasteiger partial charge in [0.05, 0.1) is 13.7 Å². The molecule has 1 heterocycles. The molecule has 0 fully saturated rings. The Labute approximate surface area is 149 Å². The van der Waals surface area contributed by atoms with Crippen molar-refractivity contribution in [1.82, 2.24) is 10.3 Å². The summed E-state index contributed by atoms with van der Waals surface area (Å²) in [7, 11) is 1.72. The number of methoxy groups -OCH3 is 1. The van der Waals surface area contributed by atoms with E-state index >= 15 is 0 Å². The molecule has 3 aromatic rings. The van der Waals surface area contributed by atoms with Crippen molar-refractivity contribution in [3.8, 4) is 11.5 Å². The number of hydrogen-bond acceptors (Lipinski definition) is 3. The molecule has 0 aliphatic carbocycles. The zero-order chi connectivity index (χ0) is 17.5. The van der Waals surface area contributed by atoms with E-state index in [0.29, 0.717) is 0 Å². The number of ether oxygens (including phenoxy) is 2. The summed E-state index contributed by atoms with van der Waals surface area (Å²) < 4.78 is 11.2. The summed E-state index contributed by atoms with van der Waals surface area (Å²) in [6, 6.07) is 14.4. The predicted molar refractivity (Wildman–Crippen MR) is 102 cm³/mol. The number of aromatic amines is 1. The molecule has 0 amide bonds. The van der Waals surface area contributed by atoms with E-state index in [1.54, 1.807) is 7.11 Å². The molecule has 4 nitrogen and oxygen atoms in total. The van der Waals surface area contributed by atoms with Crippen LogP contribution in [0.2, 0.25) is 0 Å². The summed E-state index contributed by atoms with van der Waals surface area (Å²) in [4.78, 5) is 3.32. The van der Waals surface area contributed by atoms with Gasteiger partial charge in [0.1, 0.15) is 11.5 Å².